The first-order valence-corrected chi connectivity index (χ1v) is 5.49. The Morgan fingerprint density at radius 2 is 1.94 bits per heavy atom. The van der Waals surface area contributed by atoms with E-state index in [-0.39, 0.29) is 19.8 Å². The third-order valence-corrected chi connectivity index (χ3v) is 3.65. The first kappa shape index (κ1) is 12.2. The fourth-order valence-corrected chi connectivity index (χ4v) is 2.59. The Morgan fingerprint density at radius 1 is 1.19 bits per heavy atom. The molecule has 2 saturated heterocycles. The summed E-state index contributed by atoms with van der Waals surface area (Å²) in [6.45, 7) is -0.0423. The van der Waals surface area contributed by atoms with Gasteiger partial charge in [0, 0.05) is 12.3 Å². The van der Waals surface area contributed by atoms with E-state index in [9.17, 15) is 10.2 Å². The van der Waals surface area contributed by atoms with Crippen LogP contribution in [0.5, 0.6) is 0 Å². The molecule has 4 N–H and O–H groups in total. The first-order valence-electron chi connectivity index (χ1n) is 5.49. The average Bonchev–Trinajstić information content (AvgIpc) is 2.82. The molecular formula is C10H18O6. The van der Waals surface area contributed by atoms with Crippen LogP contribution >= 0.6 is 0 Å². The number of hydrogen-bond acceptors (Lipinski definition) is 6. The molecule has 0 spiro atoms. The number of aliphatic hydroxyl groups is 4. The van der Waals surface area contributed by atoms with Crippen molar-refractivity contribution in [2.24, 2.45) is 5.92 Å². The fourth-order valence-electron chi connectivity index (χ4n) is 2.59. The lowest BCUT2D eigenvalue weighted by Gasteiger charge is -2.34. The summed E-state index contributed by atoms with van der Waals surface area (Å²) < 4.78 is 10.4. The fraction of sp³-hybridized carbons (Fsp3) is 1.00. The van der Waals surface area contributed by atoms with Gasteiger partial charge in [-0.3, -0.25) is 0 Å². The lowest BCUT2D eigenvalue weighted by molar-refractivity contribution is -0.115. The van der Waals surface area contributed by atoms with Gasteiger partial charge < -0.3 is 29.9 Å². The quantitative estimate of drug-likeness (QED) is 0.445. The highest BCUT2D eigenvalue weighted by Gasteiger charge is 2.54. The number of ether oxygens (including phenoxy) is 2. The molecule has 2 fully saturated rings. The Bertz CT molecular complexity index is 247. The molecule has 0 amide bonds. The van der Waals surface area contributed by atoms with Gasteiger partial charge in [0.1, 0.15) is 17.8 Å². The Balaban J connectivity index is 2.12. The van der Waals surface area contributed by atoms with Crippen LogP contribution < -0.4 is 0 Å². The normalized spacial score (nSPS) is 48.8. The van der Waals surface area contributed by atoms with Crippen molar-refractivity contribution >= 4 is 0 Å². The zero-order valence-corrected chi connectivity index (χ0v) is 8.95. The topological polar surface area (TPSA) is 99.4 Å². The minimum Gasteiger partial charge on any atom is -0.394 e. The molecule has 0 aromatic rings. The lowest BCUT2D eigenvalue weighted by atomic mass is 9.79. The zero-order valence-electron chi connectivity index (χ0n) is 8.95. The third kappa shape index (κ3) is 1.75. The smallest absolute Gasteiger partial charge is 0.110 e. The molecule has 6 heteroatoms. The summed E-state index contributed by atoms with van der Waals surface area (Å²) >= 11 is 0. The predicted octanol–water partition coefficient (Wildman–Crippen LogP) is -2.13. The van der Waals surface area contributed by atoms with Gasteiger partial charge in [-0.2, -0.15) is 0 Å². The maximum absolute atomic E-state index is 10.4. The van der Waals surface area contributed by atoms with Gasteiger partial charge in [0.25, 0.3) is 0 Å². The van der Waals surface area contributed by atoms with Crippen molar-refractivity contribution in [1.29, 1.82) is 0 Å². The van der Waals surface area contributed by atoms with E-state index in [0.717, 1.165) is 0 Å². The molecule has 5 atom stereocenters. The van der Waals surface area contributed by atoms with E-state index in [1.807, 2.05) is 0 Å². The number of aliphatic hydroxyl groups excluding tert-OH is 3. The molecule has 0 saturated carbocycles. The Morgan fingerprint density at radius 3 is 2.50 bits per heavy atom. The van der Waals surface area contributed by atoms with Gasteiger partial charge >= 0.3 is 0 Å². The van der Waals surface area contributed by atoms with Crippen molar-refractivity contribution in [3.8, 4) is 0 Å². The summed E-state index contributed by atoms with van der Waals surface area (Å²) in [5.41, 5.74) is -1.27. The van der Waals surface area contributed by atoms with Crippen LogP contribution in [-0.4, -0.2) is 70.8 Å². The van der Waals surface area contributed by atoms with E-state index in [4.69, 9.17) is 19.7 Å². The standard InChI is InChI=1S/C10H18O6/c11-3-7-9(13)6(5-16-7)10(14)1-2-15-8(10)4-12/h6-9,11-14H,1-5H2/t6?,7-,8-,9+,10+/m1/s1. The summed E-state index contributed by atoms with van der Waals surface area (Å²) in [6.07, 6.45) is -1.91. The predicted molar refractivity (Wildman–Crippen MR) is 52.7 cm³/mol. The van der Waals surface area contributed by atoms with Gasteiger partial charge in [0.05, 0.1) is 32.5 Å². The van der Waals surface area contributed by atoms with Crippen LogP contribution in [0.25, 0.3) is 0 Å². The van der Waals surface area contributed by atoms with Gasteiger partial charge in [-0.25, -0.2) is 0 Å². The van der Waals surface area contributed by atoms with Crippen LogP contribution in [0.2, 0.25) is 0 Å². The molecule has 0 aromatic carbocycles. The molecule has 94 valence electrons. The van der Waals surface area contributed by atoms with E-state index in [2.05, 4.69) is 0 Å². The molecule has 16 heavy (non-hydrogen) atoms. The second-order valence-electron chi connectivity index (χ2n) is 4.43. The molecule has 2 rings (SSSR count). The SMILES string of the molecule is OC[C@H]1OCC([C@@]2(O)CCO[C@@H]2CO)[C@@H]1O. The summed E-state index contributed by atoms with van der Waals surface area (Å²) in [6, 6.07) is 0. The highest BCUT2D eigenvalue weighted by molar-refractivity contribution is 5.03. The highest BCUT2D eigenvalue weighted by atomic mass is 16.5. The molecule has 2 heterocycles. The molecule has 0 bridgehead atoms. The van der Waals surface area contributed by atoms with Crippen LogP contribution in [0.4, 0.5) is 0 Å². The molecule has 2 aliphatic rings. The summed E-state index contributed by atoms with van der Waals surface area (Å²) in [4.78, 5) is 0. The summed E-state index contributed by atoms with van der Waals surface area (Å²) in [5.74, 6) is -0.524. The number of hydrogen-bond donors (Lipinski definition) is 4. The van der Waals surface area contributed by atoms with Gasteiger partial charge in [-0.15, -0.1) is 0 Å². The summed E-state index contributed by atoms with van der Waals surface area (Å²) in [5, 5.41) is 38.4. The van der Waals surface area contributed by atoms with Crippen LogP contribution in [0.3, 0.4) is 0 Å². The molecule has 0 radical (unpaired) electrons. The van der Waals surface area contributed by atoms with Gasteiger partial charge in [0.15, 0.2) is 0 Å². The minimum atomic E-state index is -1.27. The van der Waals surface area contributed by atoms with Crippen LogP contribution in [0.15, 0.2) is 0 Å². The lowest BCUT2D eigenvalue weighted by Crippen LogP contribution is -2.52. The van der Waals surface area contributed by atoms with E-state index in [1.54, 1.807) is 0 Å². The van der Waals surface area contributed by atoms with Crippen LogP contribution in [0, 0.1) is 5.92 Å². The molecule has 0 aromatic heterocycles. The van der Waals surface area contributed by atoms with E-state index < -0.39 is 29.8 Å². The molecule has 1 unspecified atom stereocenters. The van der Waals surface area contributed by atoms with Gasteiger partial charge in [0.2, 0.25) is 0 Å². The Labute approximate surface area is 93.4 Å². The summed E-state index contributed by atoms with van der Waals surface area (Å²) in [7, 11) is 0. The Hall–Kier alpha value is -0.240. The Kier molecular flexibility index (Phi) is 3.48. The van der Waals surface area contributed by atoms with Crippen molar-refractivity contribution in [2.75, 3.05) is 26.4 Å². The van der Waals surface area contributed by atoms with Crippen molar-refractivity contribution < 1.29 is 29.9 Å². The third-order valence-electron chi connectivity index (χ3n) is 3.65. The van der Waals surface area contributed by atoms with E-state index in [0.29, 0.717) is 13.0 Å². The first-order chi connectivity index (χ1) is 7.63. The van der Waals surface area contributed by atoms with Crippen molar-refractivity contribution in [3.05, 3.63) is 0 Å². The second-order valence-corrected chi connectivity index (χ2v) is 4.43. The van der Waals surface area contributed by atoms with E-state index >= 15 is 0 Å². The number of rotatable bonds is 3. The maximum atomic E-state index is 10.4. The molecule has 0 aliphatic carbocycles. The van der Waals surface area contributed by atoms with Crippen LogP contribution in [-0.2, 0) is 9.47 Å². The zero-order chi connectivity index (χ0) is 11.8. The second kappa shape index (κ2) is 4.56. The molecule has 6 nitrogen and oxygen atoms in total. The minimum absolute atomic E-state index is 0.169. The average molecular weight is 234 g/mol. The monoisotopic (exact) mass is 234 g/mol. The maximum Gasteiger partial charge on any atom is 0.110 e. The van der Waals surface area contributed by atoms with Crippen LogP contribution in [0.1, 0.15) is 6.42 Å². The van der Waals surface area contributed by atoms with Gasteiger partial charge in [-0.05, 0) is 0 Å². The van der Waals surface area contributed by atoms with E-state index in [1.165, 1.54) is 0 Å². The van der Waals surface area contributed by atoms with Crippen molar-refractivity contribution in [3.63, 3.8) is 0 Å². The highest BCUT2D eigenvalue weighted by Crippen LogP contribution is 2.39. The van der Waals surface area contributed by atoms with Crippen molar-refractivity contribution in [2.45, 2.75) is 30.3 Å². The largest absolute Gasteiger partial charge is 0.394 e. The van der Waals surface area contributed by atoms with Crippen molar-refractivity contribution in [1.82, 2.24) is 0 Å². The molecular weight excluding hydrogens is 216 g/mol. The van der Waals surface area contributed by atoms with Gasteiger partial charge in [-0.1, -0.05) is 0 Å². The molecule has 2 aliphatic heterocycles.